The number of hydrogen-bond donors (Lipinski definition) is 0. The zero-order chi connectivity index (χ0) is 42.1. The van der Waals surface area contributed by atoms with E-state index in [-0.39, 0.29) is 20.1 Å². The van der Waals surface area contributed by atoms with Crippen molar-refractivity contribution in [1.82, 2.24) is 19.5 Å². The Hall–Kier alpha value is -5.46. The van der Waals surface area contributed by atoms with Gasteiger partial charge in [-0.1, -0.05) is 126 Å². The van der Waals surface area contributed by atoms with Crippen LogP contribution in [0.5, 0.6) is 0 Å². The van der Waals surface area contributed by atoms with E-state index in [1.807, 2.05) is 42.5 Å². The first kappa shape index (κ1) is 43.6. The van der Waals surface area contributed by atoms with E-state index < -0.39 is 8.07 Å². The van der Waals surface area contributed by atoms with Crippen LogP contribution < -0.4 is 5.19 Å². The topological polar surface area (TPSA) is 56.7 Å². The molecule has 4 aromatic heterocycles. The van der Waals surface area contributed by atoms with Crippen LogP contribution in [-0.2, 0) is 26.5 Å². The normalized spacial score (nSPS) is 11.7. The molecule has 9 rings (SSSR count). The molecule has 0 saturated heterocycles. The zero-order valence-electron chi connectivity index (χ0n) is 36.7. The summed E-state index contributed by atoms with van der Waals surface area (Å²) in [7, 11) is -1.34. The quantitative estimate of drug-likeness (QED) is 0.107. The summed E-state index contributed by atoms with van der Waals surface area (Å²) >= 11 is 0. The molecule has 5 aromatic carbocycles. The molecule has 61 heavy (non-hydrogen) atoms. The molecule has 0 amide bonds. The van der Waals surface area contributed by atoms with Crippen LogP contribution in [0, 0.1) is 18.1 Å². The maximum absolute atomic E-state index is 6.36. The van der Waals surface area contributed by atoms with Gasteiger partial charge in [0.2, 0.25) is 5.71 Å². The molecule has 0 aliphatic heterocycles. The Kier molecular flexibility index (Phi) is 13.1. The molecule has 0 bridgehead atoms. The molecule has 4 heterocycles. The SMILES string of the molecule is CC(C)Cc1cc(-c2[c-]cccc2)ncc1[Si](C)(C)C.CC(C)c1cc(-c2ccccc2)cc(C(C)C)c1-n1c(-c2[c-]ccc3c2oc2ncccc23)nc2ccccc21.[Ir]. The van der Waals surface area contributed by atoms with E-state index in [0.717, 1.165) is 56.5 Å². The molecule has 1 radical (unpaired) electrons. The van der Waals surface area contributed by atoms with Crippen LogP contribution in [0.15, 0.2) is 138 Å². The van der Waals surface area contributed by atoms with Crippen molar-refractivity contribution >= 4 is 46.4 Å². The first-order valence-electron chi connectivity index (χ1n) is 21.2. The Morgan fingerprint density at radius 1 is 0.689 bits per heavy atom. The second-order valence-electron chi connectivity index (χ2n) is 17.8. The van der Waals surface area contributed by atoms with Crippen LogP contribution in [0.3, 0.4) is 0 Å². The number of rotatable bonds is 9. The second kappa shape index (κ2) is 18.3. The molecule has 5 nitrogen and oxygen atoms in total. The maximum atomic E-state index is 6.36. The largest absolute Gasteiger partial charge is 0.486 e. The summed E-state index contributed by atoms with van der Waals surface area (Å²) in [6.07, 6.45) is 5.00. The van der Waals surface area contributed by atoms with E-state index in [1.54, 1.807) is 6.20 Å². The standard InChI is InChI=1S/C36H30N3O.C18H24NSi.Ir/c1-22(2)29-20-25(24-12-6-5-7-13-24)21-30(23(3)4)33(29)39-32-18-9-8-17-31(32)38-35(39)28-15-10-14-26-27-16-11-19-37-36(27)40-34(26)28;1-14(2)11-16-12-17(15-9-7-6-8-10-15)19-13-18(16)20(3,4)5;/h5-14,16-23H,1-4H3;6-9,12-14H,11H2,1-5H3;/q2*-1;. The van der Waals surface area contributed by atoms with Crippen molar-refractivity contribution in [2.24, 2.45) is 5.92 Å². The minimum absolute atomic E-state index is 0. The summed E-state index contributed by atoms with van der Waals surface area (Å²) < 4.78 is 8.70. The van der Waals surface area contributed by atoms with Gasteiger partial charge in [0.25, 0.3) is 0 Å². The number of imidazole rings is 1. The summed E-state index contributed by atoms with van der Waals surface area (Å²) in [6.45, 7) is 20.8. The minimum Gasteiger partial charge on any atom is -0.486 e. The molecule has 7 heteroatoms. The smallest absolute Gasteiger partial charge is 0.216 e. The zero-order valence-corrected chi connectivity index (χ0v) is 40.1. The van der Waals surface area contributed by atoms with Crippen LogP contribution in [0.4, 0.5) is 0 Å². The number of hydrogen-bond acceptors (Lipinski definition) is 4. The predicted octanol–water partition coefficient (Wildman–Crippen LogP) is 14.0. The molecule has 0 aliphatic carbocycles. The van der Waals surface area contributed by atoms with Crippen LogP contribution >= 0.6 is 0 Å². The van der Waals surface area contributed by atoms with Gasteiger partial charge in [0.05, 0.1) is 30.5 Å². The predicted molar refractivity (Wildman–Crippen MR) is 254 cm³/mol. The van der Waals surface area contributed by atoms with Crippen molar-refractivity contribution in [3.05, 3.63) is 163 Å². The molecular weight excluding hydrogens is 941 g/mol. The number of nitrogens with zero attached hydrogens (tertiary/aromatic N) is 4. The van der Waals surface area contributed by atoms with Gasteiger partial charge in [-0.2, -0.15) is 0 Å². The Bertz CT molecular complexity index is 2900. The fraction of sp³-hybridized carbons (Fsp3) is 0.241. The van der Waals surface area contributed by atoms with Crippen molar-refractivity contribution in [1.29, 1.82) is 0 Å². The Balaban J connectivity index is 0.000000226. The number of fused-ring (bicyclic) bond motifs is 4. The van der Waals surface area contributed by atoms with Gasteiger partial charge >= 0.3 is 0 Å². The van der Waals surface area contributed by atoms with Crippen molar-refractivity contribution in [3.8, 4) is 39.5 Å². The average Bonchev–Trinajstić information content (AvgIpc) is 3.82. The van der Waals surface area contributed by atoms with E-state index in [1.165, 1.54) is 38.7 Å². The van der Waals surface area contributed by atoms with Crippen LogP contribution in [0.1, 0.15) is 70.1 Å². The van der Waals surface area contributed by atoms with Gasteiger partial charge in [0.15, 0.2) is 0 Å². The molecular formula is C54H54IrN4OSi-2. The number of pyridine rings is 2. The maximum Gasteiger partial charge on any atom is 0.216 e. The van der Waals surface area contributed by atoms with Gasteiger partial charge < -0.3 is 14.0 Å². The first-order chi connectivity index (χ1) is 28.9. The molecule has 0 N–H and O–H groups in total. The fourth-order valence-electron chi connectivity index (χ4n) is 8.26. The Morgan fingerprint density at radius 2 is 1.39 bits per heavy atom. The second-order valence-corrected chi connectivity index (χ2v) is 22.9. The van der Waals surface area contributed by atoms with Gasteiger partial charge in [-0.3, -0.25) is 4.98 Å². The van der Waals surface area contributed by atoms with Crippen molar-refractivity contribution < 1.29 is 24.5 Å². The van der Waals surface area contributed by atoms with Gasteiger partial charge in [-0.15, -0.1) is 54.1 Å². The first-order valence-corrected chi connectivity index (χ1v) is 24.7. The number of benzene rings is 5. The van der Waals surface area contributed by atoms with Crippen molar-refractivity contribution in [3.63, 3.8) is 0 Å². The van der Waals surface area contributed by atoms with Gasteiger partial charge in [0.1, 0.15) is 0 Å². The molecule has 0 fully saturated rings. The van der Waals surface area contributed by atoms with E-state index in [4.69, 9.17) is 9.40 Å². The van der Waals surface area contributed by atoms with Crippen molar-refractivity contribution in [2.75, 3.05) is 0 Å². The molecule has 0 unspecified atom stereocenters. The van der Waals surface area contributed by atoms with Crippen molar-refractivity contribution in [2.45, 2.75) is 79.4 Å². The summed E-state index contributed by atoms with van der Waals surface area (Å²) in [5, 5.41) is 3.50. The Morgan fingerprint density at radius 3 is 2.07 bits per heavy atom. The van der Waals surface area contributed by atoms with Crippen LogP contribution in [0.25, 0.3) is 72.6 Å². The van der Waals surface area contributed by atoms with E-state index in [9.17, 15) is 0 Å². The average molecular weight is 995 g/mol. The fourth-order valence-corrected chi connectivity index (χ4v) is 9.85. The number of furan rings is 1. The summed E-state index contributed by atoms with van der Waals surface area (Å²) in [6, 6.07) is 48.9. The monoisotopic (exact) mass is 995 g/mol. The number of para-hydroxylation sites is 2. The minimum atomic E-state index is -1.34. The molecule has 0 saturated carbocycles. The van der Waals surface area contributed by atoms with E-state index >= 15 is 0 Å². The summed E-state index contributed by atoms with van der Waals surface area (Å²) in [4.78, 5) is 14.4. The summed E-state index contributed by atoms with van der Waals surface area (Å²) in [5.74, 6) is 2.07. The molecule has 0 atom stereocenters. The number of aromatic nitrogens is 4. The molecule has 9 aromatic rings. The van der Waals surface area contributed by atoms with Gasteiger partial charge in [-0.25, -0.2) is 4.98 Å². The van der Waals surface area contributed by atoms with E-state index in [0.29, 0.717) is 23.5 Å². The summed E-state index contributed by atoms with van der Waals surface area (Å²) in [5.41, 5.74) is 14.0. The van der Waals surface area contributed by atoms with Gasteiger partial charge in [0, 0.05) is 43.6 Å². The third-order valence-electron chi connectivity index (χ3n) is 11.1. The van der Waals surface area contributed by atoms with Crippen LogP contribution in [0.2, 0.25) is 19.6 Å². The van der Waals surface area contributed by atoms with Gasteiger partial charge in [-0.05, 0) is 93.7 Å². The molecule has 0 aliphatic rings. The van der Waals surface area contributed by atoms with Crippen LogP contribution in [-0.4, -0.2) is 27.6 Å². The van der Waals surface area contributed by atoms with E-state index in [2.05, 4.69) is 173 Å². The molecule has 311 valence electrons. The third-order valence-corrected chi connectivity index (χ3v) is 13.2. The Labute approximate surface area is 375 Å². The third kappa shape index (κ3) is 8.97. The molecule has 0 spiro atoms.